The number of aryl methyl sites for hydroxylation is 1. The average molecular weight is 795 g/mol. The minimum absolute atomic E-state index is 0.251. The number of benzene rings is 10. The maximum Gasteiger partial charge on any atom is 0.0546 e. The van der Waals surface area contributed by atoms with Crippen molar-refractivity contribution in [3.05, 3.63) is 241 Å². The van der Waals surface area contributed by atoms with Crippen LogP contribution in [-0.2, 0) is 5.41 Å². The highest BCUT2D eigenvalue weighted by atomic mass is 15.1. The van der Waals surface area contributed by atoms with Crippen molar-refractivity contribution < 1.29 is 0 Å². The Labute approximate surface area is 364 Å². The number of anilines is 6. The fourth-order valence-electron chi connectivity index (χ4n) is 9.65. The van der Waals surface area contributed by atoms with Gasteiger partial charge in [0.1, 0.15) is 0 Å². The molecule has 1 aliphatic rings. The van der Waals surface area contributed by atoms with Crippen LogP contribution >= 0.6 is 0 Å². The van der Waals surface area contributed by atoms with Crippen LogP contribution in [0.5, 0.6) is 0 Å². The molecule has 0 spiro atoms. The number of hydrogen-bond acceptors (Lipinski definition) is 2. The van der Waals surface area contributed by atoms with Gasteiger partial charge in [-0.2, -0.15) is 0 Å². The fraction of sp³-hybridized carbons (Fsp3) is 0.0667. The lowest BCUT2D eigenvalue weighted by atomic mass is 9.82. The quantitative estimate of drug-likeness (QED) is 0.141. The Morgan fingerprint density at radius 1 is 0.323 bits per heavy atom. The van der Waals surface area contributed by atoms with Crippen LogP contribution in [-0.4, -0.2) is 0 Å². The number of fused-ring (bicyclic) bond motifs is 6. The zero-order valence-corrected chi connectivity index (χ0v) is 35.3. The SMILES string of the molecule is Cc1ccc(N(c2ccc3c(c2)C(C)(C)c2cc(N(c4ccccc4)c4ccc(-c5ccc(-c6ccccc6)cc5)cc4)ccc2-3)c2cc3ccccc3c3ccccc23)cc1. The summed E-state index contributed by atoms with van der Waals surface area (Å²) in [6.07, 6.45) is 0. The van der Waals surface area contributed by atoms with Crippen molar-refractivity contribution in [2.75, 3.05) is 9.80 Å². The van der Waals surface area contributed by atoms with Gasteiger partial charge in [-0.15, -0.1) is 0 Å². The van der Waals surface area contributed by atoms with Gasteiger partial charge >= 0.3 is 0 Å². The standard InChI is InChI=1S/C60H46N2/c1-41-22-30-49(31-23-41)62(59-38-46-16-10-11-19-52(46)53-20-12-13-21-56(53)59)51-35-37-55-54-36-34-50(39-57(54)60(2,3)58(55)40-51)61(47-17-8-5-9-18-47)48-32-28-45(29-33-48)44-26-24-43(25-27-44)42-14-6-4-7-15-42/h4-40H,1-3H3. The monoisotopic (exact) mass is 794 g/mol. The van der Waals surface area contributed by atoms with Gasteiger partial charge in [0.15, 0.2) is 0 Å². The average Bonchev–Trinajstić information content (AvgIpc) is 3.55. The fourth-order valence-corrected chi connectivity index (χ4v) is 9.65. The molecule has 2 nitrogen and oxygen atoms in total. The maximum atomic E-state index is 2.46. The first-order valence-electron chi connectivity index (χ1n) is 21.6. The molecule has 62 heavy (non-hydrogen) atoms. The van der Waals surface area contributed by atoms with Gasteiger partial charge in [0.2, 0.25) is 0 Å². The number of rotatable bonds is 8. The summed E-state index contributed by atoms with van der Waals surface area (Å²) >= 11 is 0. The molecule has 0 saturated heterocycles. The van der Waals surface area contributed by atoms with Crippen LogP contribution < -0.4 is 9.80 Å². The first kappa shape index (κ1) is 37.3. The van der Waals surface area contributed by atoms with Crippen LogP contribution in [0.15, 0.2) is 224 Å². The Kier molecular flexibility index (Phi) is 9.09. The molecule has 0 amide bonds. The molecule has 10 aromatic rings. The molecule has 0 saturated carbocycles. The molecule has 10 aromatic carbocycles. The van der Waals surface area contributed by atoms with E-state index in [-0.39, 0.29) is 5.41 Å². The maximum absolute atomic E-state index is 2.46. The molecule has 0 fully saturated rings. The van der Waals surface area contributed by atoms with Gasteiger partial charge in [-0.25, -0.2) is 0 Å². The van der Waals surface area contributed by atoms with Crippen molar-refractivity contribution in [1.29, 1.82) is 0 Å². The second kappa shape index (κ2) is 15.1. The summed E-state index contributed by atoms with van der Waals surface area (Å²) in [6, 6.07) is 82.2. The molecule has 0 radical (unpaired) electrons. The minimum Gasteiger partial charge on any atom is -0.310 e. The van der Waals surface area contributed by atoms with E-state index in [1.807, 2.05) is 0 Å². The smallest absolute Gasteiger partial charge is 0.0546 e. The van der Waals surface area contributed by atoms with Crippen molar-refractivity contribution >= 4 is 55.7 Å². The Balaban J connectivity index is 0.980. The predicted molar refractivity (Wildman–Crippen MR) is 264 cm³/mol. The summed E-state index contributed by atoms with van der Waals surface area (Å²) in [6.45, 7) is 6.93. The van der Waals surface area contributed by atoms with Gasteiger partial charge in [-0.05, 0) is 134 Å². The zero-order valence-electron chi connectivity index (χ0n) is 35.3. The summed E-state index contributed by atoms with van der Waals surface area (Å²) < 4.78 is 0. The summed E-state index contributed by atoms with van der Waals surface area (Å²) in [7, 11) is 0. The summed E-state index contributed by atoms with van der Waals surface area (Å²) in [5, 5.41) is 4.99. The molecule has 296 valence electrons. The second-order valence-corrected chi connectivity index (χ2v) is 17.1. The van der Waals surface area contributed by atoms with Crippen LogP contribution in [0.1, 0.15) is 30.5 Å². The number of para-hydroxylation sites is 1. The van der Waals surface area contributed by atoms with Crippen molar-refractivity contribution in [2.45, 2.75) is 26.2 Å². The topological polar surface area (TPSA) is 6.48 Å². The first-order chi connectivity index (χ1) is 30.4. The van der Waals surface area contributed by atoms with E-state index in [9.17, 15) is 0 Å². The van der Waals surface area contributed by atoms with Crippen molar-refractivity contribution in [1.82, 2.24) is 0 Å². The highest BCUT2D eigenvalue weighted by Gasteiger charge is 2.37. The van der Waals surface area contributed by atoms with Crippen LogP contribution in [0.2, 0.25) is 0 Å². The third kappa shape index (κ3) is 6.44. The van der Waals surface area contributed by atoms with E-state index >= 15 is 0 Å². The Hall–Kier alpha value is -7.68. The highest BCUT2D eigenvalue weighted by molar-refractivity contribution is 6.14. The lowest BCUT2D eigenvalue weighted by Gasteiger charge is -2.30. The third-order valence-electron chi connectivity index (χ3n) is 12.9. The molecule has 0 atom stereocenters. The molecule has 11 rings (SSSR count). The first-order valence-corrected chi connectivity index (χ1v) is 21.6. The van der Waals surface area contributed by atoms with E-state index in [1.54, 1.807) is 0 Å². The molecule has 0 unspecified atom stereocenters. The third-order valence-corrected chi connectivity index (χ3v) is 12.9. The molecule has 0 heterocycles. The van der Waals surface area contributed by atoms with Gasteiger partial charge < -0.3 is 9.80 Å². The van der Waals surface area contributed by atoms with Crippen molar-refractivity contribution in [3.8, 4) is 33.4 Å². The van der Waals surface area contributed by atoms with Crippen LogP contribution in [0.25, 0.3) is 54.9 Å². The number of nitrogens with zero attached hydrogens (tertiary/aromatic N) is 2. The summed E-state index contributed by atoms with van der Waals surface area (Å²) in [5.41, 5.74) is 17.9. The molecule has 1 aliphatic carbocycles. The van der Waals surface area contributed by atoms with Gasteiger partial charge in [0.25, 0.3) is 0 Å². The molecule has 0 N–H and O–H groups in total. The van der Waals surface area contributed by atoms with E-state index in [0.29, 0.717) is 0 Å². The molecule has 0 bridgehead atoms. The van der Waals surface area contributed by atoms with Gasteiger partial charge in [0.05, 0.1) is 5.69 Å². The minimum atomic E-state index is -0.251. The zero-order chi connectivity index (χ0) is 41.8. The Morgan fingerprint density at radius 2 is 0.742 bits per heavy atom. The summed E-state index contributed by atoms with van der Waals surface area (Å²) in [4.78, 5) is 4.84. The van der Waals surface area contributed by atoms with Crippen LogP contribution in [0.4, 0.5) is 34.1 Å². The molecular formula is C60H46N2. The Morgan fingerprint density at radius 3 is 1.35 bits per heavy atom. The predicted octanol–water partition coefficient (Wildman–Crippen LogP) is 16.9. The molecule has 0 aromatic heterocycles. The van der Waals surface area contributed by atoms with Crippen molar-refractivity contribution in [3.63, 3.8) is 0 Å². The van der Waals surface area contributed by atoms with E-state index < -0.39 is 0 Å². The summed E-state index contributed by atoms with van der Waals surface area (Å²) in [5.74, 6) is 0. The van der Waals surface area contributed by atoms with E-state index in [1.165, 1.54) is 77.3 Å². The lowest BCUT2D eigenvalue weighted by Crippen LogP contribution is -2.17. The Bertz CT molecular complexity index is 3240. The van der Waals surface area contributed by atoms with Gasteiger partial charge in [-0.3, -0.25) is 0 Å². The number of hydrogen-bond donors (Lipinski definition) is 0. The normalized spacial score (nSPS) is 12.6. The van der Waals surface area contributed by atoms with Crippen molar-refractivity contribution in [2.24, 2.45) is 0 Å². The van der Waals surface area contributed by atoms with E-state index in [2.05, 4.69) is 255 Å². The van der Waals surface area contributed by atoms with Gasteiger partial charge in [0, 0.05) is 39.2 Å². The van der Waals surface area contributed by atoms with Gasteiger partial charge in [-0.1, -0.05) is 177 Å². The van der Waals surface area contributed by atoms with E-state index in [4.69, 9.17) is 0 Å². The van der Waals surface area contributed by atoms with E-state index in [0.717, 1.165) is 28.4 Å². The second-order valence-electron chi connectivity index (χ2n) is 17.1. The largest absolute Gasteiger partial charge is 0.310 e. The lowest BCUT2D eigenvalue weighted by molar-refractivity contribution is 0.660. The molecule has 2 heteroatoms. The highest BCUT2D eigenvalue weighted by Crippen LogP contribution is 2.53. The van der Waals surface area contributed by atoms with Crippen LogP contribution in [0, 0.1) is 6.92 Å². The van der Waals surface area contributed by atoms with Crippen LogP contribution in [0.3, 0.4) is 0 Å². The molecule has 0 aliphatic heterocycles. The molecular weight excluding hydrogens is 749 g/mol.